The molecule has 1 fully saturated rings. The van der Waals surface area contributed by atoms with Crippen LogP contribution >= 0.6 is 11.6 Å². The number of H-pyrrole nitrogens is 2. The van der Waals surface area contributed by atoms with Gasteiger partial charge in [-0.05, 0) is 56.1 Å². The third-order valence-corrected chi connectivity index (χ3v) is 11.2. The smallest absolute Gasteiger partial charge is 0.432 e. The van der Waals surface area contributed by atoms with Crippen LogP contribution < -0.4 is 19.7 Å². The second-order valence-corrected chi connectivity index (χ2v) is 15.2. The molecule has 5 heterocycles. The number of rotatable bonds is 10. The number of amides is 3. The normalized spacial score (nSPS) is 16.0. The van der Waals surface area contributed by atoms with Crippen molar-refractivity contribution in [3.63, 3.8) is 0 Å². The molecule has 3 aromatic carbocycles. The van der Waals surface area contributed by atoms with E-state index in [4.69, 9.17) is 25.5 Å². The summed E-state index contributed by atoms with van der Waals surface area (Å²) in [5.74, 6) is -3.84. The molecular formula is C41H39ClF3N7O8. The number of carboxylic acids is 1. The molecule has 1 saturated heterocycles. The Morgan fingerprint density at radius 1 is 1.00 bits per heavy atom. The predicted octanol–water partition coefficient (Wildman–Crippen LogP) is 7.03. The zero-order valence-electron chi connectivity index (χ0n) is 32.5. The molecule has 0 radical (unpaired) electrons. The minimum atomic E-state index is -5.13. The first-order chi connectivity index (χ1) is 28.6. The van der Waals surface area contributed by atoms with Gasteiger partial charge in [0.25, 0.3) is 11.8 Å². The van der Waals surface area contributed by atoms with Crippen molar-refractivity contribution in [1.29, 1.82) is 0 Å². The molecule has 2 aliphatic rings. The van der Waals surface area contributed by atoms with Crippen LogP contribution in [0.15, 0.2) is 59.0 Å². The minimum absolute atomic E-state index is 0.0405. The molecule has 0 unspecified atom stereocenters. The fourth-order valence-corrected chi connectivity index (χ4v) is 8.11. The standard InChI is InChI=1S/C41H39ClF3N7O8/c1-49(2)9-10-50-11-13-51(14-12-50)40(57)60-29-18-27-31(32-33(39(55)56)36(41(43,44)45)48-34(29)32)23(19-42)20-52(27)38(54)26-16-22-15-24(7-8-25(22)47-26)46-37(53)30-17-21-5-4-6-28(58-3)35(21)59-30/h4-8,15-18,23,47-48H,9-14,19-20H2,1-3H3,(H,46,53)(H,55,56)/t23-/m1/s1. The molecule has 0 aliphatic carbocycles. The van der Waals surface area contributed by atoms with Crippen molar-refractivity contribution in [2.45, 2.75) is 12.1 Å². The molecule has 3 amide bonds. The Balaban J connectivity index is 1.12. The minimum Gasteiger partial charge on any atom is -0.493 e. The Morgan fingerprint density at radius 2 is 1.77 bits per heavy atom. The highest BCUT2D eigenvalue weighted by atomic mass is 35.5. The van der Waals surface area contributed by atoms with Crippen molar-refractivity contribution in [2.24, 2.45) is 0 Å². The predicted molar refractivity (Wildman–Crippen MR) is 217 cm³/mol. The summed E-state index contributed by atoms with van der Waals surface area (Å²) in [4.78, 5) is 65.9. The number of hydrogen-bond donors (Lipinski definition) is 4. The van der Waals surface area contributed by atoms with E-state index in [1.54, 1.807) is 48.5 Å². The molecule has 314 valence electrons. The first-order valence-electron chi connectivity index (χ1n) is 18.9. The van der Waals surface area contributed by atoms with Crippen LogP contribution in [0.2, 0.25) is 0 Å². The Labute approximate surface area is 344 Å². The fourth-order valence-electron chi connectivity index (χ4n) is 7.85. The molecular weight excluding hydrogens is 811 g/mol. The maximum absolute atomic E-state index is 14.5. The van der Waals surface area contributed by atoms with Gasteiger partial charge in [0.05, 0.1) is 23.9 Å². The number of fused-ring (bicyclic) bond motifs is 5. The number of nitrogens with one attached hydrogen (secondary N) is 3. The zero-order chi connectivity index (χ0) is 42.6. The van der Waals surface area contributed by atoms with Crippen molar-refractivity contribution < 1.29 is 51.3 Å². The van der Waals surface area contributed by atoms with Crippen LogP contribution in [-0.2, 0) is 6.18 Å². The fraction of sp³-hybridized carbons (Fsp3) is 0.317. The number of benzene rings is 3. The van der Waals surface area contributed by atoms with Gasteiger partial charge in [0, 0.05) is 91.0 Å². The van der Waals surface area contributed by atoms with Crippen molar-refractivity contribution in [3.8, 4) is 11.5 Å². The first-order valence-corrected chi connectivity index (χ1v) is 19.4. The number of carbonyl (C=O) groups excluding carboxylic acids is 3. The number of ether oxygens (including phenoxy) is 2. The van der Waals surface area contributed by atoms with Crippen LogP contribution in [0.4, 0.5) is 29.3 Å². The quantitative estimate of drug-likeness (QED) is 0.105. The van der Waals surface area contributed by atoms with Gasteiger partial charge in [0.1, 0.15) is 11.4 Å². The molecule has 1 atom stereocenters. The van der Waals surface area contributed by atoms with E-state index in [1.807, 2.05) is 19.0 Å². The summed E-state index contributed by atoms with van der Waals surface area (Å²) in [7, 11) is 5.41. The summed E-state index contributed by atoms with van der Waals surface area (Å²) in [6.45, 7) is 3.14. The van der Waals surface area contributed by atoms with E-state index in [0.717, 1.165) is 13.1 Å². The molecule has 2 aliphatic heterocycles. The average Bonchev–Trinajstić information content (AvgIpc) is 4.02. The maximum Gasteiger partial charge on any atom is 0.432 e. The molecule has 4 N–H and O–H groups in total. The summed E-state index contributed by atoms with van der Waals surface area (Å²) in [6.07, 6.45) is -5.97. The number of carbonyl (C=O) groups is 4. The van der Waals surface area contributed by atoms with Crippen molar-refractivity contribution in [3.05, 3.63) is 82.9 Å². The van der Waals surface area contributed by atoms with Crippen LogP contribution in [0.5, 0.6) is 11.5 Å². The number of halogens is 4. The molecule has 0 saturated carbocycles. The maximum atomic E-state index is 14.5. The largest absolute Gasteiger partial charge is 0.493 e. The van der Waals surface area contributed by atoms with Crippen LogP contribution in [-0.4, -0.2) is 127 Å². The number of furan rings is 1. The van der Waals surface area contributed by atoms with E-state index in [-0.39, 0.29) is 51.8 Å². The second-order valence-electron chi connectivity index (χ2n) is 14.9. The van der Waals surface area contributed by atoms with Crippen LogP contribution in [0.1, 0.15) is 48.6 Å². The van der Waals surface area contributed by atoms with E-state index in [0.29, 0.717) is 59.5 Å². The SMILES string of the molecule is COc1cccc2cc(C(=O)Nc3ccc4[nH]c(C(=O)N5C[C@@H](CCl)c6c5cc(OC(=O)N5CCN(CCN(C)C)CC5)c5[nH]c(C(F)(F)F)c(C(=O)O)c65)cc4c3)oc12. The summed E-state index contributed by atoms with van der Waals surface area (Å²) in [5.41, 5.74) is -1.43. The molecule has 8 rings (SSSR count). The molecule has 0 bridgehead atoms. The highest BCUT2D eigenvalue weighted by molar-refractivity contribution is 6.20. The molecule has 3 aromatic heterocycles. The van der Waals surface area contributed by atoms with Crippen LogP contribution in [0, 0.1) is 0 Å². The number of piperazine rings is 1. The van der Waals surface area contributed by atoms with Crippen LogP contribution in [0.3, 0.4) is 0 Å². The Bertz CT molecular complexity index is 2680. The molecule has 6 aromatic rings. The van der Waals surface area contributed by atoms with Gasteiger partial charge in [-0.1, -0.05) is 12.1 Å². The lowest BCUT2D eigenvalue weighted by atomic mass is 9.95. The molecule has 15 nitrogen and oxygen atoms in total. The Morgan fingerprint density at radius 3 is 2.45 bits per heavy atom. The lowest BCUT2D eigenvalue weighted by molar-refractivity contribution is -0.141. The zero-order valence-corrected chi connectivity index (χ0v) is 33.3. The summed E-state index contributed by atoms with van der Waals surface area (Å²) < 4.78 is 60.2. The number of methoxy groups -OCH3 is 1. The number of likely N-dealkylation sites (N-methyl/N-ethyl adjacent to an activating group) is 1. The van der Waals surface area contributed by atoms with Gasteiger partial charge >= 0.3 is 18.2 Å². The van der Waals surface area contributed by atoms with Crippen LogP contribution in [0.25, 0.3) is 32.8 Å². The highest BCUT2D eigenvalue weighted by Gasteiger charge is 2.44. The molecule has 19 heteroatoms. The topological polar surface area (TPSA) is 177 Å². The number of nitrogens with zero attached hydrogens (tertiary/aromatic N) is 4. The number of aromatic amines is 2. The highest BCUT2D eigenvalue weighted by Crippen LogP contribution is 2.49. The number of carboxylic acid groups (broad SMARTS) is 1. The van der Waals surface area contributed by atoms with E-state index in [9.17, 15) is 37.5 Å². The van der Waals surface area contributed by atoms with E-state index < -0.39 is 47.2 Å². The van der Waals surface area contributed by atoms with Gasteiger partial charge in [-0.25, -0.2) is 9.59 Å². The lowest BCUT2D eigenvalue weighted by Gasteiger charge is -2.34. The monoisotopic (exact) mass is 849 g/mol. The summed E-state index contributed by atoms with van der Waals surface area (Å²) in [6, 6.07) is 14.6. The Kier molecular flexibility index (Phi) is 10.6. The third kappa shape index (κ3) is 7.45. The van der Waals surface area contributed by atoms with Gasteiger partial charge in [-0.15, -0.1) is 11.6 Å². The number of hydrogen-bond acceptors (Lipinski definition) is 9. The molecule has 0 spiro atoms. The van der Waals surface area contributed by atoms with E-state index in [1.165, 1.54) is 23.0 Å². The van der Waals surface area contributed by atoms with Crippen molar-refractivity contribution >= 4 is 79.6 Å². The second kappa shape index (κ2) is 15.7. The van der Waals surface area contributed by atoms with Crippen molar-refractivity contribution in [1.82, 2.24) is 24.7 Å². The van der Waals surface area contributed by atoms with Crippen molar-refractivity contribution in [2.75, 3.05) is 83.1 Å². The van der Waals surface area contributed by atoms with Gasteiger partial charge in [-0.2, -0.15) is 13.2 Å². The number of alkyl halides is 4. The third-order valence-electron chi connectivity index (χ3n) is 10.8. The summed E-state index contributed by atoms with van der Waals surface area (Å²) >= 11 is 6.39. The number of aromatic carboxylic acids is 1. The average molecular weight is 850 g/mol. The molecule has 60 heavy (non-hydrogen) atoms. The van der Waals surface area contributed by atoms with Gasteiger partial charge in [-0.3, -0.25) is 14.5 Å². The summed E-state index contributed by atoms with van der Waals surface area (Å²) in [5, 5.41) is 13.9. The number of anilines is 2. The lowest BCUT2D eigenvalue weighted by Crippen LogP contribution is -2.50. The van der Waals surface area contributed by atoms with Gasteiger partial charge in [0.15, 0.2) is 22.8 Å². The first kappa shape index (κ1) is 40.5. The van der Waals surface area contributed by atoms with Gasteiger partial charge < -0.3 is 49.0 Å². The van der Waals surface area contributed by atoms with Gasteiger partial charge in [0.2, 0.25) is 0 Å². The number of para-hydroxylation sites is 1. The number of aromatic nitrogens is 2. The van der Waals surface area contributed by atoms with E-state index in [2.05, 4.69) is 20.2 Å². The van der Waals surface area contributed by atoms with E-state index >= 15 is 0 Å². The Hall–Kier alpha value is -6.24.